The number of para-hydroxylation sites is 1. The standard InChI is InChI=1S/C11H12INO/c1-8-13-10-6-4-3-5-9(10)11(2,7-12)14-8/h3-6H,7H2,1-2H3. The molecule has 0 fully saturated rings. The van der Waals surface area contributed by atoms with Crippen LogP contribution >= 0.6 is 22.6 Å². The molecule has 0 aliphatic carbocycles. The first-order chi connectivity index (χ1) is 6.65. The molecular weight excluding hydrogens is 289 g/mol. The first kappa shape index (κ1) is 9.96. The molecule has 0 aromatic heterocycles. The fourth-order valence-corrected chi connectivity index (χ4v) is 2.26. The van der Waals surface area contributed by atoms with Crippen LogP contribution in [-0.4, -0.2) is 10.3 Å². The Bertz CT molecular complexity index is 389. The van der Waals surface area contributed by atoms with Crippen molar-refractivity contribution in [2.45, 2.75) is 19.4 Å². The van der Waals surface area contributed by atoms with Crippen molar-refractivity contribution in [1.82, 2.24) is 0 Å². The largest absolute Gasteiger partial charge is 0.469 e. The minimum absolute atomic E-state index is 0.219. The maximum atomic E-state index is 5.79. The van der Waals surface area contributed by atoms with Crippen molar-refractivity contribution < 1.29 is 4.74 Å². The van der Waals surface area contributed by atoms with Crippen LogP contribution in [0.4, 0.5) is 5.69 Å². The van der Waals surface area contributed by atoms with E-state index in [0.29, 0.717) is 0 Å². The highest BCUT2D eigenvalue weighted by Gasteiger charge is 2.33. The van der Waals surface area contributed by atoms with Gasteiger partial charge in [0.2, 0.25) is 0 Å². The lowest BCUT2D eigenvalue weighted by atomic mass is 9.95. The molecule has 0 amide bonds. The van der Waals surface area contributed by atoms with Crippen molar-refractivity contribution in [3.8, 4) is 0 Å². The average Bonchev–Trinajstić information content (AvgIpc) is 2.17. The normalized spacial score (nSPS) is 24.9. The lowest BCUT2D eigenvalue weighted by Crippen LogP contribution is -2.32. The van der Waals surface area contributed by atoms with E-state index in [0.717, 1.165) is 16.0 Å². The molecule has 0 saturated heterocycles. The van der Waals surface area contributed by atoms with E-state index >= 15 is 0 Å². The van der Waals surface area contributed by atoms with Crippen LogP contribution in [0.5, 0.6) is 0 Å². The van der Waals surface area contributed by atoms with E-state index in [-0.39, 0.29) is 5.60 Å². The van der Waals surface area contributed by atoms with Crippen molar-refractivity contribution in [3.05, 3.63) is 29.8 Å². The number of nitrogens with zero attached hydrogens (tertiary/aromatic N) is 1. The van der Waals surface area contributed by atoms with Crippen LogP contribution in [0.25, 0.3) is 0 Å². The lowest BCUT2D eigenvalue weighted by Gasteiger charge is -2.33. The quantitative estimate of drug-likeness (QED) is 0.575. The Labute approximate surface area is 97.5 Å². The number of halogens is 1. The third-order valence-electron chi connectivity index (χ3n) is 2.38. The fraction of sp³-hybridized carbons (Fsp3) is 0.364. The molecule has 3 heteroatoms. The Balaban J connectivity index is 2.59. The third kappa shape index (κ3) is 1.54. The molecule has 2 nitrogen and oxygen atoms in total. The monoisotopic (exact) mass is 301 g/mol. The minimum atomic E-state index is -0.219. The Morgan fingerprint density at radius 1 is 1.43 bits per heavy atom. The van der Waals surface area contributed by atoms with Gasteiger partial charge in [-0.1, -0.05) is 40.8 Å². The van der Waals surface area contributed by atoms with Crippen molar-refractivity contribution in [3.63, 3.8) is 0 Å². The number of hydrogen-bond donors (Lipinski definition) is 0. The van der Waals surface area contributed by atoms with Gasteiger partial charge in [0.1, 0.15) is 5.60 Å². The fourth-order valence-electron chi connectivity index (χ4n) is 1.69. The Kier molecular flexibility index (Phi) is 2.51. The topological polar surface area (TPSA) is 21.6 Å². The minimum Gasteiger partial charge on any atom is -0.469 e. The van der Waals surface area contributed by atoms with Crippen LogP contribution in [0.2, 0.25) is 0 Å². The molecule has 1 atom stereocenters. The van der Waals surface area contributed by atoms with Crippen LogP contribution in [-0.2, 0) is 10.3 Å². The zero-order chi connectivity index (χ0) is 10.2. The van der Waals surface area contributed by atoms with Crippen LogP contribution in [0, 0.1) is 0 Å². The summed E-state index contributed by atoms with van der Waals surface area (Å²) in [5, 5.41) is 0. The molecule has 0 N–H and O–H groups in total. The molecule has 14 heavy (non-hydrogen) atoms. The van der Waals surface area contributed by atoms with Gasteiger partial charge in [-0.25, -0.2) is 4.99 Å². The van der Waals surface area contributed by atoms with Gasteiger partial charge in [-0.15, -0.1) is 0 Å². The van der Waals surface area contributed by atoms with E-state index in [9.17, 15) is 0 Å². The summed E-state index contributed by atoms with van der Waals surface area (Å²) in [5.41, 5.74) is 2.00. The van der Waals surface area contributed by atoms with Gasteiger partial charge in [-0.3, -0.25) is 0 Å². The smallest absolute Gasteiger partial charge is 0.186 e. The SMILES string of the molecule is CC1=Nc2ccccc2C(C)(CI)O1. The van der Waals surface area contributed by atoms with E-state index in [1.807, 2.05) is 25.1 Å². The first-order valence-corrected chi connectivity index (χ1v) is 6.08. The first-order valence-electron chi connectivity index (χ1n) is 4.55. The zero-order valence-electron chi connectivity index (χ0n) is 8.25. The van der Waals surface area contributed by atoms with Gasteiger partial charge in [-0.2, -0.15) is 0 Å². The molecule has 1 unspecified atom stereocenters. The summed E-state index contributed by atoms with van der Waals surface area (Å²) >= 11 is 2.35. The van der Waals surface area contributed by atoms with Crippen LogP contribution < -0.4 is 0 Å². The van der Waals surface area contributed by atoms with Gasteiger partial charge in [-0.05, 0) is 13.0 Å². The van der Waals surface area contributed by atoms with E-state index in [1.165, 1.54) is 5.56 Å². The van der Waals surface area contributed by atoms with Crippen LogP contribution in [0.1, 0.15) is 19.4 Å². The summed E-state index contributed by atoms with van der Waals surface area (Å²) in [4.78, 5) is 4.38. The summed E-state index contributed by atoms with van der Waals surface area (Å²) in [6.07, 6.45) is 0. The second-order valence-electron chi connectivity index (χ2n) is 3.61. The molecule has 1 aromatic rings. The van der Waals surface area contributed by atoms with Gasteiger partial charge in [0.05, 0.1) is 5.69 Å². The van der Waals surface area contributed by atoms with Gasteiger partial charge in [0.15, 0.2) is 5.90 Å². The number of benzene rings is 1. The second-order valence-corrected chi connectivity index (χ2v) is 4.38. The number of aliphatic imine (C=N–C) groups is 1. The van der Waals surface area contributed by atoms with E-state index in [4.69, 9.17) is 4.74 Å². The zero-order valence-corrected chi connectivity index (χ0v) is 10.4. The van der Waals surface area contributed by atoms with E-state index in [1.54, 1.807) is 0 Å². The molecule has 0 bridgehead atoms. The maximum absolute atomic E-state index is 5.79. The predicted molar refractivity (Wildman–Crippen MR) is 66.5 cm³/mol. The van der Waals surface area contributed by atoms with Gasteiger partial charge in [0.25, 0.3) is 0 Å². The summed E-state index contributed by atoms with van der Waals surface area (Å²) in [5.74, 6) is 0.753. The second kappa shape index (κ2) is 3.53. The molecule has 0 saturated carbocycles. The number of alkyl halides is 1. The van der Waals surface area contributed by atoms with Crippen molar-refractivity contribution in [2.24, 2.45) is 4.99 Å². The molecule has 1 aromatic carbocycles. The lowest BCUT2D eigenvalue weighted by molar-refractivity contribution is 0.0976. The molecule has 0 spiro atoms. The summed E-state index contributed by atoms with van der Waals surface area (Å²) in [6, 6.07) is 8.16. The van der Waals surface area contributed by atoms with E-state index in [2.05, 4.69) is 40.6 Å². The molecule has 0 radical (unpaired) electrons. The molecule has 1 aliphatic rings. The molecule has 74 valence electrons. The van der Waals surface area contributed by atoms with Crippen molar-refractivity contribution in [2.75, 3.05) is 4.43 Å². The Morgan fingerprint density at radius 2 is 2.14 bits per heavy atom. The molecule has 1 heterocycles. The average molecular weight is 301 g/mol. The molecule has 1 aliphatic heterocycles. The highest BCUT2D eigenvalue weighted by Crippen LogP contribution is 2.38. The third-order valence-corrected chi connectivity index (χ3v) is 3.84. The number of ether oxygens (including phenoxy) is 1. The number of fused-ring (bicyclic) bond motifs is 1. The van der Waals surface area contributed by atoms with Gasteiger partial charge >= 0.3 is 0 Å². The van der Waals surface area contributed by atoms with Gasteiger partial charge < -0.3 is 4.74 Å². The van der Waals surface area contributed by atoms with Crippen LogP contribution in [0.15, 0.2) is 29.3 Å². The number of rotatable bonds is 1. The summed E-state index contributed by atoms with van der Waals surface area (Å²) < 4.78 is 6.72. The number of hydrogen-bond acceptors (Lipinski definition) is 2. The summed E-state index contributed by atoms with van der Waals surface area (Å²) in [7, 11) is 0. The van der Waals surface area contributed by atoms with E-state index < -0.39 is 0 Å². The highest BCUT2D eigenvalue weighted by atomic mass is 127. The Hall–Kier alpha value is -0.580. The molecular formula is C11H12INO. The Morgan fingerprint density at radius 3 is 2.86 bits per heavy atom. The van der Waals surface area contributed by atoms with Gasteiger partial charge in [0, 0.05) is 16.9 Å². The van der Waals surface area contributed by atoms with Crippen molar-refractivity contribution >= 4 is 34.2 Å². The predicted octanol–water partition coefficient (Wildman–Crippen LogP) is 3.42. The maximum Gasteiger partial charge on any atom is 0.186 e. The highest BCUT2D eigenvalue weighted by molar-refractivity contribution is 14.1. The molecule has 2 rings (SSSR count). The van der Waals surface area contributed by atoms with Crippen LogP contribution in [0.3, 0.4) is 0 Å². The summed E-state index contributed by atoms with van der Waals surface area (Å²) in [6.45, 7) is 4.01. The van der Waals surface area contributed by atoms with Crippen molar-refractivity contribution in [1.29, 1.82) is 0 Å².